The Balaban J connectivity index is 2.12. The molecule has 3 nitrogen and oxygen atoms in total. The van der Waals surface area contributed by atoms with E-state index in [9.17, 15) is 4.79 Å². The number of fused-ring (bicyclic) bond motifs is 1. The van der Waals surface area contributed by atoms with Gasteiger partial charge in [-0.3, -0.25) is 0 Å². The number of aromatic amines is 1. The van der Waals surface area contributed by atoms with Gasteiger partial charge in [-0.25, -0.2) is 4.79 Å². The summed E-state index contributed by atoms with van der Waals surface area (Å²) in [6, 6.07) is 5.74. The number of hydrogen-bond donors (Lipinski definition) is 1. The van der Waals surface area contributed by atoms with Crippen LogP contribution in [0.2, 0.25) is 0 Å². The summed E-state index contributed by atoms with van der Waals surface area (Å²) >= 11 is 0. The van der Waals surface area contributed by atoms with Crippen molar-refractivity contribution in [3.05, 3.63) is 35.5 Å². The van der Waals surface area contributed by atoms with E-state index < -0.39 is 0 Å². The maximum absolute atomic E-state index is 11.6. The van der Waals surface area contributed by atoms with Gasteiger partial charge in [0.1, 0.15) is 0 Å². The van der Waals surface area contributed by atoms with Gasteiger partial charge in [0.2, 0.25) is 0 Å². The Morgan fingerprint density at radius 1 is 1.29 bits per heavy atom. The number of carbonyl (C=O) groups excluding carboxylic acids is 1. The van der Waals surface area contributed by atoms with E-state index >= 15 is 0 Å². The van der Waals surface area contributed by atoms with Gasteiger partial charge in [-0.05, 0) is 30.0 Å². The van der Waals surface area contributed by atoms with Crippen LogP contribution in [0.15, 0.2) is 24.4 Å². The van der Waals surface area contributed by atoms with Crippen LogP contribution in [-0.4, -0.2) is 18.1 Å². The fraction of sp³-hybridized carbons (Fsp3) is 0.500. The number of unbranched alkanes of at least 4 members (excludes halogenated alkanes) is 3. The molecule has 1 heterocycles. The van der Waals surface area contributed by atoms with E-state index in [4.69, 9.17) is 4.74 Å². The second-order valence-corrected chi connectivity index (χ2v) is 5.75. The van der Waals surface area contributed by atoms with Crippen molar-refractivity contribution < 1.29 is 9.53 Å². The van der Waals surface area contributed by atoms with Crippen LogP contribution < -0.4 is 0 Å². The fourth-order valence-corrected chi connectivity index (χ4v) is 2.83. The summed E-state index contributed by atoms with van der Waals surface area (Å²) < 4.78 is 4.76. The Labute approximate surface area is 126 Å². The number of aromatic nitrogens is 1. The van der Waals surface area contributed by atoms with Gasteiger partial charge in [0.15, 0.2) is 0 Å². The summed E-state index contributed by atoms with van der Waals surface area (Å²) in [5, 5.41) is 1.21. The van der Waals surface area contributed by atoms with Gasteiger partial charge in [0.05, 0.1) is 12.7 Å². The number of ether oxygens (including phenoxy) is 1. The standard InChI is InChI=1S/C18H25NO2/c1-4-5-6-7-8-13(2)16-12-19-17-11-14(18(20)21-3)9-10-15(16)17/h9-13,19H,4-8H2,1-3H3. The average molecular weight is 287 g/mol. The van der Waals surface area contributed by atoms with Crippen LogP contribution in [0.1, 0.15) is 67.8 Å². The number of nitrogens with one attached hydrogen (secondary N) is 1. The van der Waals surface area contributed by atoms with Crippen LogP contribution in [0.25, 0.3) is 10.9 Å². The Morgan fingerprint density at radius 2 is 2.10 bits per heavy atom. The molecule has 0 aliphatic rings. The third-order valence-electron chi connectivity index (χ3n) is 4.16. The van der Waals surface area contributed by atoms with Gasteiger partial charge >= 0.3 is 5.97 Å². The highest BCUT2D eigenvalue weighted by atomic mass is 16.5. The lowest BCUT2D eigenvalue weighted by atomic mass is 9.94. The molecule has 0 saturated carbocycles. The van der Waals surface area contributed by atoms with Crippen molar-refractivity contribution in [2.75, 3.05) is 7.11 Å². The second kappa shape index (κ2) is 7.30. The molecule has 0 aliphatic heterocycles. The molecule has 3 heteroatoms. The Morgan fingerprint density at radius 3 is 2.81 bits per heavy atom. The minimum atomic E-state index is -0.291. The molecule has 1 aromatic carbocycles. The van der Waals surface area contributed by atoms with E-state index in [0.29, 0.717) is 11.5 Å². The predicted octanol–water partition coefficient (Wildman–Crippen LogP) is 5.03. The molecule has 0 aliphatic carbocycles. The van der Waals surface area contributed by atoms with E-state index in [-0.39, 0.29) is 5.97 Å². The summed E-state index contributed by atoms with van der Waals surface area (Å²) in [7, 11) is 1.41. The molecule has 2 rings (SSSR count). The van der Waals surface area contributed by atoms with Crippen molar-refractivity contribution in [3.63, 3.8) is 0 Å². The van der Waals surface area contributed by atoms with Crippen molar-refractivity contribution in [2.24, 2.45) is 0 Å². The molecule has 1 atom stereocenters. The topological polar surface area (TPSA) is 42.1 Å². The first-order valence-corrected chi connectivity index (χ1v) is 7.86. The quantitative estimate of drug-likeness (QED) is 0.573. The number of carbonyl (C=O) groups is 1. The molecule has 0 fully saturated rings. The maximum Gasteiger partial charge on any atom is 0.337 e. The zero-order valence-corrected chi connectivity index (χ0v) is 13.2. The van der Waals surface area contributed by atoms with Crippen LogP contribution in [-0.2, 0) is 4.74 Å². The van der Waals surface area contributed by atoms with E-state index in [1.807, 2.05) is 18.2 Å². The first-order valence-electron chi connectivity index (χ1n) is 7.86. The Hall–Kier alpha value is -1.77. The molecule has 0 bridgehead atoms. The molecule has 0 spiro atoms. The lowest BCUT2D eigenvalue weighted by Gasteiger charge is -2.10. The minimum Gasteiger partial charge on any atom is -0.465 e. The maximum atomic E-state index is 11.6. The second-order valence-electron chi connectivity index (χ2n) is 5.75. The molecule has 2 aromatic rings. The van der Waals surface area contributed by atoms with E-state index in [1.165, 1.54) is 50.2 Å². The zero-order chi connectivity index (χ0) is 15.2. The van der Waals surface area contributed by atoms with Gasteiger partial charge in [0, 0.05) is 17.1 Å². The largest absolute Gasteiger partial charge is 0.465 e. The highest BCUT2D eigenvalue weighted by molar-refractivity contribution is 5.95. The van der Waals surface area contributed by atoms with Crippen molar-refractivity contribution in [2.45, 2.75) is 51.9 Å². The molecule has 1 N–H and O–H groups in total. The number of benzene rings is 1. The average Bonchev–Trinajstić information content (AvgIpc) is 2.93. The third kappa shape index (κ3) is 3.66. The number of methoxy groups -OCH3 is 1. The molecular weight excluding hydrogens is 262 g/mol. The number of H-pyrrole nitrogens is 1. The molecule has 1 unspecified atom stereocenters. The van der Waals surface area contributed by atoms with E-state index in [2.05, 4.69) is 25.0 Å². The van der Waals surface area contributed by atoms with Crippen molar-refractivity contribution in [1.29, 1.82) is 0 Å². The van der Waals surface area contributed by atoms with E-state index in [0.717, 1.165) is 5.52 Å². The zero-order valence-electron chi connectivity index (χ0n) is 13.2. The monoisotopic (exact) mass is 287 g/mol. The highest BCUT2D eigenvalue weighted by Crippen LogP contribution is 2.29. The first-order chi connectivity index (χ1) is 10.2. The van der Waals surface area contributed by atoms with Crippen molar-refractivity contribution in [3.8, 4) is 0 Å². The third-order valence-corrected chi connectivity index (χ3v) is 4.16. The molecule has 1 aromatic heterocycles. The van der Waals surface area contributed by atoms with Gasteiger partial charge in [-0.1, -0.05) is 45.6 Å². The first kappa shape index (κ1) is 15.6. The molecular formula is C18H25NO2. The van der Waals surface area contributed by atoms with Crippen molar-refractivity contribution >= 4 is 16.9 Å². The lowest BCUT2D eigenvalue weighted by molar-refractivity contribution is 0.0601. The summed E-state index contributed by atoms with van der Waals surface area (Å²) in [4.78, 5) is 14.8. The number of hydrogen-bond acceptors (Lipinski definition) is 2. The Bertz CT molecular complexity index is 600. The number of rotatable bonds is 7. The molecule has 0 radical (unpaired) electrons. The molecule has 114 valence electrons. The molecule has 0 saturated heterocycles. The van der Waals surface area contributed by atoms with Crippen molar-refractivity contribution in [1.82, 2.24) is 4.98 Å². The highest BCUT2D eigenvalue weighted by Gasteiger charge is 2.13. The Kier molecular flexibility index (Phi) is 5.43. The lowest BCUT2D eigenvalue weighted by Crippen LogP contribution is -2.00. The number of esters is 1. The van der Waals surface area contributed by atoms with Gasteiger partial charge < -0.3 is 9.72 Å². The van der Waals surface area contributed by atoms with Crippen LogP contribution in [0.3, 0.4) is 0 Å². The van der Waals surface area contributed by atoms with Crippen LogP contribution >= 0.6 is 0 Å². The summed E-state index contributed by atoms with van der Waals surface area (Å²) in [6.45, 7) is 4.52. The van der Waals surface area contributed by atoms with Crippen LogP contribution in [0, 0.1) is 0 Å². The van der Waals surface area contributed by atoms with E-state index in [1.54, 1.807) is 0 Å². The normalized spacial score (nSPS) is 12.5. The molecule has 0 amide bonds. The minimum absolute atomic E-state index is 0.291. The van der Waals surface area contributed by atoms with Gasteiger partial charge in [-0.2, -0.15) is 0 Å². The smallest absolute Gasteiger partial charge is 0.337 e. The SMILES string of the molecule is CCCCCCC(C)c1c[nH]c2cc(C(=O)OC)ccc12. The molecule has 21 heavy (non-hydrogen) atoms. The van der Waals surface area contributed by atoms with Gasteiger partial charge in [0.25, 0.3) is 0 Å². The summed E-state index contributed by atoms with van der Waals surface area (Å²) in [5.41, 5.74) is 2.94. The van der Waals surface area contributed by atoms with Crippen LogP contribution in [0.4, 0.5) is 0 Å². The van der Waals surface area contributed by atoms with Gasteiger partial charge in [-0.15, -0.1) is 0 Å². The summed E-state index contributed by atoms with van der Waals surface area (Å²) in [6.07, 6.45) is 8.49. The summed E-state index contributed by atoms with van der Waals surface area (Å²) in [5.74, 6) is 0.250. The van der Waals surface area contributed by atoms with Crippen LogP contribution in [0.5, 0.6) is 0 Å². The predicted molar refractivity (Wildman–Crippen MR) is 86.8 cm³/mol. The fourth-order valence-electron chi connectivity index (χ4n) is 2.83.